The van der Waals surface area contributed by atoms with Gasteiger partial charge in [-0.2, -0.15) is 5.10 Å². The Morgan fingerprint density at radius 1 is 0.848 bits per heavy atom. The summed E-state index contributed by atoms with van der Waals surface area (Å²) in [7, 11) is 0. The van der Waals surface area contributed by atoms with Crippen LogP contribution in [-0.4, -0.2) is 17.0 Å². The minimum Gasteiger partial charge on any atom is -0.508 e. The quantitative estimate of drug-likeness (QED) is 0.353. The normalized spacial score (nSPS) is 15.7. The van der Waals surface area contributed by atoms with Crippen molar-refractivity contribution in [1.82, 2.24) is 0 Å². The Kier molecular flexibility index (Phi) is 5.73. The van der Waals surface area contributed by atoms with Crippen LogP contribution in [0.3, 0.4) is 0 Å². The SMILES string of the molecule is Cc1ccc(C2=NN(c3ccc(C=Nc4ccc(O)cc4)cc3)C(c3ccccc3)C2)cc1. The molecule has 4 heteroatoms. The predicted molar refractivity (Wildman–Crippen MR) is 136 cm³/mol. The summed E-state index contributed by atoms with van der Waals surface area (Å²) in [6.45, 7) is 2.10. The van der Waals surface area contributed by atoms with Crippen molar-refractivity contribution >= 4 is 23.3 Å². The third-order valence-corrected chi connectivity index (χ3v) is 5.85. The monoisotopic (exact) mass is 431 g/mol. The van der Waals surface area contributed by atoms with Gasteiger partial charge in [0.05, 0.1) is 23.1 Å². The molecule has 4 nitrogen and oxygen atoms in total. The summed E-state index contributed by atoms with van der Waals surface area (Å²) in [5.74, 6) is 0.238. The van der Waals surface area contributed by atoms with Crippen molar-refractivity contribution in [3.8, 4) is 5.75 Å². The third-order valence-electron chi connectivity index (χ3n) is 5.85. The molecule has 0 amide bonds. The van der Waals surface area contributed by atoms with Gasteiger partial charge in [0.1, 0.15) is 5.75 Å². The molecule has 0 radical (unpaired) electrons. The average molecular weight is 432 g/mol. The molecule has 0 aromatic heterocycles. The van der Waals surface area contributed by atoms with Crippen LogP contribution in [0.15, 0.2) is 113 Å². The smallest absolute Gasteiger partial charge is 0.115 e. The van der Waals surface area contributed by atoms with Crippen molar-refractivity contribution in [1.29, 1.82) is 0 Å². The van der Waals surface area contributed by atoms with E-state index < -0.39 is 0 Å². The molecule has 0 saturated carbocycles. The Balaban J connectivity index is 1.42. The molecular formula is C29H25N3O. The van der Waals surface area contributed by atoms with Gasteiger partial charge < -0.3 is 5.11 Å². The zero-order valence-corrected chi connectivity index (χ0v) is 18.5. The van der Waals surface area contributed by atoms with E-state index in [2.05, 4.69) is 89.7 Å². The maximum atomic E-state index is 9.42. The molecule has 4 aromatic carbocycles. The standard InChI is InChI=1S/C29H25N3O/c1-21-7-11-23(12-8-21)28-19-29(24-5-3-2-4-6-24)32(31-28)26-15-9-22(10-16-26)20-30-25-13-17-27(33)18-14-25/h2-18,20,29,33H,19H2,1H3. The summed E-state index contributed by atoms with van der Waals surface area (Å²) in [4.78, 5) is 4.49. The van der Waals surface area contributed by atoms with Gasteiger partial charge in [-0.05, 0) is 60.0 Å². The molecule has 162 valence electrons. The van der Waals surface area contributed by atoms with Gasteiger partial charge >= 0.3 is 0 Å². The number of aromatic hydroxyl groups is 1. The summed E-state index contributed by atoms with van der Waals surface area (Å²) >= 11 is 0. The topological polar surface area (TPSA) is 48.2 Å². The molecule has 1 heterocycles. The van der Waals surface area contributed by atoms with Gasteiger partial charge in [-0.25, -0.2) is 0 Å². The van der Waals surface area contributed by atoms with Gasteiger partial charge in [-0.15, -0.1) is 0 Å². The molecule has 0 fully saturated rings. The van der Waals surface area contributed by atoms with Gasteiger partial charge in [-0.3, -0.25) is 10.0 Å². The van der Waals surface area contributed by atoms with E-state index in [-0.39, 0.29) is 11.8 Å². The van der Waals surface area contributed by atoms with Crippen molar-refractivity contribution < 1.29 is 5.11 Å². The van der Waals surface area contributed by atoms with Crippen molar-refractivity contribution in [3.63, 3.8) is 0 Å². The minimum absolute atomic E-state index is 0.152. The number of nitrogens with zero attached hydrogens (tertiary/aromatic N) is 3. The Morgan fingerprint density at radius 3 is 2.24 bits per heavy atom. The second kappa shape index (κ2) is 9.13. The summed E-state index contributed by atoms with van der Waals surface area (Å²) in [6, 6.07) is 34.4. The Hall–Kier alpha value is -4.18. The zero-order valence-electron chi connectivity index (χ0n) is 18.5. The first kappa shape index (κ1) is 20.7. The molecule has 1 aliphatic heterocycles. The second-order valence-corrected chi connectivity index (χ2v) is 8.25. The number of anilines is 1. The maximum Gasteiger partial charge on any atom is 0.115 e. The molecule has 4 aromatic rings. The van der Waals surface area contributed by atoms with Crippen LogP contribution < -0.4 is 5.01 Å². The lowest BCUT2D eigenvalue weighted by atomic mass is 9.98. The number of aliphatic imine (C=N–C) groups is 1. The van der Waals surface area contributed by atoms with Gasteiger partial charge in [0.25, 0.3) is 0 Å². The molecule has 0 aliphatic carbocycles. The first-order valence-electron chi connectivity index (χ1n) is 11.1. The molecule has 1 atom stereocenters. The van der Waals surface area contributed by atoms with E-state index in [1.807, 2.05) is 12.3 Å². The number of hydrogen-bond acceptors (Lipinski definition) is 4. The summed E-state index contributed by atoms with van der Waals surface area (Å²) < 4.78 is 0. The highest BCUT2D eigenvalue weighted by atomic mass is 16.3. The number of phenolic OH excluding ortho intramolecular Hbond substituents is 1. The fraction of sp³-hybridized carbons (Fsp3) is 0.103. The highest BCUT2D eigenvalue weighted by Crippen LogP contribution is 2.36. The molecule has 0 bridgehead atoms. The Labute approximate surface area is 194 Å². The number of aryl methyl sites for hydroxylation is 1. The lowest BCUT2D eigenvalue weighted by Gasteiger charge is -2.24. The molecule has 0 spiro atoms. The van der Waals surface area contributed by atoms with Crippen LogP contribution in [0.4, 0.5) is 11.4 Å². The predicted octanol–water partition coefficient (Wildman–Crippen LogP) is 6.81. The molecule has 33 heavy (non-hydrogen) atoms. The summed E-state index contributed by atoms with van der Waals surface area (Å²) in [5, 5.41) is 16.6. The van der Waals surface area contributed by atoms with Crippen LogP contribution >= 0.6 is 0 Å². The number of rotatable bonds is 5. The van der Waals surface area contributed by atoms with E-state index in [1.54, 1.807) is 24.3 Å². The van der Waals surface area contributed by atoms with Crippen molar-refractivity contribution in [2.45, 2.75) is 19.4 Å². The van der Waals surface area contributed by atoms with Crippen molar-refractivity contribution in [3.05, 3.63) is 125 Å². The van der Waals surface area contributed by atoms with Crippen LogP contribution in [0, 0.1) is 6.92 Å². The summed E-state index contributed by atoms with van der Waals surface area (Å²) in [5.41, 5.74) is 7.62. The molecule has 1 aliphatic rings. The highest BCUT2D eigenvalue weighted by Gasteiger charge is 2.29. The largest absolute Gasteiger partial charge is 0.508 e. The van der Waals surface area contributed by atoms with Crippen LogP contribution in [-0.2, 0) is 0 Å². The molecule has 1 unspecified atom stereocenters. The molecular weight excluding hydrogens is 406 g/mol. The van der Waals surface area contributed by atoms with Crippen LogP contribution in [0.5, 0.6) is 5.75 Å². The van der Waals surface area contributed by atoms with Crippen molar-refractivity contribution in [2.24, 2.45) is 10.1 Å². The van der Waals surface area contributed by atoms with Crippen LogP contribution in [0.25, 0.3) is 0 Å². The third kappa shape index (κ3) is 4.70. The number of phenols is 1. The van der Waals surface area contributed by atoms with Crippen LogP contribution in [0.1, 0.15) is 34.7 Å². The first-order chi connectivity index (χ1) is 16.2. The zero-order chi connectivity index (χ0) is 22.6. The van der Waals surface area contributed by atoms with E-state index in [9.17, 15) is 5.11 Å². The lowest BCUT2D eigenvalue weighted by molar-refractivity contribution is 0.475. The molecule has 0 saturated heterocycles. The van der Waals surface area contributed by atoms with Crippen molar-refractivity contribution in [2.75, 3.05) is 5.01 Å². The molecule has 5 rings (SSSR count). The van der Waals surface area contributed by atoms with E-state index in [0.717, 1.165) is 29.1 Å². The minimum atomic E-state index is 0.152. The highest BCUT2D eigenvalue weighted by molar-refractivity contribution is 6.03. The van der Waals surface area contributed by atoms with Gasteiger partial charge in [0.2, 0.25) is 0 Å². The van der Waals surface area contributed by atoms with E-state index in [1.165, 1.54) is 16.7 Å². The fourth-order valence-electron chi connectivity index (χ4n) is 4.00. The number of benzene rings is 4. The first-order valence-corrected chi connectivity index (χ1v) is 11.1. The lowest BCUT2D eigenvalue weighted by Crippen LogP contribution is -2.18. The maximum absolute atomic E-state index is 9.42. The number of hydrogen-bond donors (Lipinski definition) is 1. The van der Waals surface area contributed by atoms with Gasteiger partial charge in [-0.1, -0.05) is 72.3 Å². The van der Waals surface area contributed by atoms with Gasteiger partial charge in [0.15, 0.2) is 0 Å². The Bertz CT molecular complexity index is 1280. The molecule has 1 N–H and O–H groups in total. The Morgan fingerprint density at radius 2 is 1.55 bits per heavy atom. The number of hydrazone groups is 1. The second-order valence-electron chi connectivity index (χ2n) is 8.25. The van der Waals surface area contributed by atoms with E-state index >= 15 is 0 Å². The van der Waals surface area contributed by atoms with E-state index in [0.29, 0.717) is 0 Å². The average Bonchev–Trinajstić information content (AvgIpc) is 3.30. The van der Waals surface area contributed by atoms with E-state index in [4.69, 9.17) is 5.10 Å². The van der Waals surface area contributed by atoms with Gasteiger partial charge in [0, 0.05) is 12.6 Å². The summed E-state index contributed by atoms with van der Waals surface area (Å²) in [6.07, 6.45) is 2.69. The fourth-order valence-corrected chi connectivity index (χ4v) is 4.00. The van der Waals surface area contributed by atoms with Crippen LogP contribution in [0.2, 0.25) is 0 Å².